The predicted octanol–water partition coefficient (Wildman–Crippen LogP) is 0.428. The Hall–Kier alpha value is -1.55. The van der Waals surface area contributed by atoms with Gasteiger partial charge in [-0.1, -0.05) is 0 Å². The topological polar surface area (TPSA) is 75.3 Å². The number of hydrogen-bond donors (Lipinski definition) is 3. The van der Waals surface area contributed by atoms with Crippen molar-refractivity contribution in [3.05, 3.63) is 23.8 Å². The van der Waals surface area contributed by atoms with Crippen LogP contribution in [0.2, 0.25) is 0 Å². The Bertz CT molecular complexity index is 385. The zero-order valence-corrected chi connectivity index (χ0v) is 7.16. The number of hydrogen-bond acceptors (Lipinski definition) is 3. The fourth-order valence-corrected chi connectivity index (χ4v) is 1.44. The van der Waals surface area contributed by atoms with Gasteiger partial charge >= 0.3 is 0 Å². The van der Waals surface area contributed by atoms with Gasteiger partial charge in [0.2, 0.25) is 0 Å². The first-order chi connectivity index (χ1) is 6.01. The van der Waals surface area contributed by atoms with E-state index in [0.29, 0.717) is 16.9 Å². The van der Waals surface area contributed by atoms with Crippen molar-refractivity contribution in [1.29, 1.82) is 0 Å². The Morgan fingerprint density at radius 2 is 2.23 bits per heavy atom. The van der Waals surface area contributed by atoms with Gasteiger partial charge in [-0.15, -0.1) is 0 Å². The van der Waals surface area contributed by atoms with Crippen molar-refractivity contribution in [2.75, 3.05) is 11.1 Å². The van der Waals surface area contributed by atoms with Gasteiger partial charge in [-0.25, -0.2) is 0 Å². The number of carbonyl (C=O) groups is 1. The number of amides is 1. The zero-order valence-electron chi connectivity index (χ0n) is 7.16. The third-order valence-electron chi connectivity index (χ3n) is 2.26. The molecule has 0 aromatic heterocycles. The molecule has 1 heterocycles. The van der Waals surface area contributed by atoms with Gasteiger partial charge in [-0.3, -0.25) is 4.79 Å². The number of nitrogen functional groups attached to an aromatic ring is 1. The SMILES string of the molecule is C[C@@]1(O)C(=O)Nc2ccc(N)cc21. The Morgan fingerprint density at radius 3 is 2.92 bits per heavy atom. The summed E-state index contributed by atoms with van der Waals surface area (Å²) in [5, 5.41) is 12.3. The lowest BCUT2D eigenvalue weighted by atomic mass is 9.97. The van der Waals surface area contributed by atoms with E-state index < -0.39 is 11.5 Å². The molecule has 1 aliphatic heterocycles. The van der Waals surface area contributed by atoms with Crippen LogP contribution in [0.25, 0.3) is 0 Å². The molecule has 0 saturated heterocycles. The Morgan fingerprint density at radius 1 is 1.54 bits per heavy atom. The predicted molar refractivity (Wildman–Crippen MR) is 49.1 cm³/mol. The Balaban J connectivity index is 2.64. The number of rotatable bonds is 0. The first kappa shape index (κ1) is 8.07. The molecule has 68 valence electrons. The highest BCUT2D eigenvalue weighted by molar-refractivity contribution is 6.04. The van der Waals surface area contributed by atoms with Gasteiger partial charge < -0.3 is 16.2 Å². The van der Waals surface area contributed by atoms with Crippen LogP contribution in [-0.2, 0) is 10.4 Å². The molecule has 0 radical (unpaired) electrons. The van der Waals surface area contributed by atoms with Crippen LogP contribution in [0.3, 0.4) is 0 Å². The third-order valence-corrected chi connectivity index (χ3v) is 2.26. The molecule has 1 aromatic rings. The Kier molecular flexibility index (Phi) is 1.38. The summed E-state index contributed by atoms with van der Waals surface area (Å²) >= 11 is 0. The first-order valence-corrected chi connectivity index (χ1v) is 3.95. The standard InChI is InChI=1S/C9H10N2O2/c1-9(13)6-4-5(10)2-3-7(6)11-8(9)12/h2-4,13H,10H2,1H3,(H,11,12)/t9-/m0/s1. The van der Waals surface area contributed by atoms with E-state index >= 15 is 0 Å². The van der Waals surface area contributed by atoms with Crippen molar-refractivity contribution >= 4 is 17.3 Å². The fraction of sp³-hybridized carbons (Fsp3) is 0.222. The van der Waals surface area contributed by atoms with E-state index in [0.717, 1.165) is 0 Å². The molecule has 1 atom stereocenters. The van der Waals surface area contributed by atoms with Crippen LogP contribution < -0.4 is 11.1 Å². The molecule has 0 aliphatic carbocycles. The number of aliphatic hydroxyl groups is 1. The van der Waals surface area contributed by atoms with E-state index in [4.69, 9.17) is 5.73 Å². The van der Waals surface area contributed by atoms with Crippen molar-refractivity contribution in [2.24, 2.45) is 0 Å². The highest BCUT2D eigenvalue weighted by Crippen LogP contribution is 2.36. The molecule has 1 amide bonds. The van der Waals surface area contributed by atoms with E-state index in [2.05, 4.69) is 5.32 Å². The molecule has 4 N–H and O–H groups in total. The number of nitrogens with one attached hydrogen (secondary N) is 1. The van der Waals surface area contributed by atoms with Gasteiger partial charge in [0.25, 0.3) is 5.91 Å². The van der Waals surface area contributed by atoms with E-state index in [1.165, 1.54) is 6.92 Å². The lowest BCUT2D eigenvalue weighted by molar-refractivity contribution is -0.131. The first-order valence-electron chi connectivity index (χ1n) is 3.95. The molecule has 1 aliphatic rings. The molecule has 0 bridgehead atoms. The van der Waals surface area contributed by atoms with Gasteiger partial charge in [0.1, 0.15) is 0 Å². The summed E-state index contributed by atoms with van der Waals surface area (Å²) in [5.74, 6) is -0.409. The van der Waals surface area contributed by atoms with Crippen molar-refractivity contribution in [1.82, 2.24) is 0 Å². The van der Waals surface area contributed by atoms with Crippen LogP contribution in [0.5, 0.6) is 0 Å². The number of fused-ring (bicyclic) bond motifs is 1. The third kappa shape index (κ3) is 0.990. The number of carbonyl (C=O) groups excluding carboxylic acids is 1. The number of anilines is 2. The molecule has 0 spiro atoms. The second kappa shape index (κ2) is 2.23. The fourth-order valence-electron chi connectivity index (χ4n) is 1.44. The van der Waals surface area contributed by atoms with Gasteiger partial charge in [0, 0.05) is 16.9 Å². The highest BCUT2D eigenvalue weighted by atomic mass is 16.3. The van der Waals surface area contributed by atoms with Crippen LogP contribution in [0.15, 0.2) is 18.2 Å². The molecule has 0 saturated carbocycles. The monoisotopic (exact) mass is 178 g/mol. The normalized spacial score (nSPS) is 25.5. The maximum absolute atomic E-state index is 11.3. The molecular weight excluding hydrogens is 168 g/mol. The minimum atomic E-state index is -1.45. The summed E-state index contributed by atoms with van der Waals surface area (Å²) in [6.07, 6.45) is 0. The summed E-state index contributed by atoms with van der Waals surface area (Å²) in [6.45, 7) is 1.45. The summed E-state index contributed by atoms with van der Waals surface area (Å²) < 4.78 is 0. The minimum Gasteiger partial charge on any atom is -0.399 e. The van der Waals surface area contributed by atoms with Crippen LogP contribution in [0.4, 0.5) is 11.4 Å². The number of nitrogens with two attached hydrogens (primary N) is 1. The summed E-state index contributed by atoms with van der Waals surface area (Å²) in [5.41, 5.74) is 5.80. The zero-order chi connectivity index (χ0) is 9.64. The van der Waals surface area contributed by atoms with Gasteiger partial charge in [0.15, 0.2) is 5.60 Å². The van der Waals surface area contributed by atoms with Gasteiger partial charge in [0.05, 0.1) is 0 Å². The second-order valence-corrected chi connectivity index (χ2v) is 3.33. The molecule has 4 nitrogen and oxygen atoms in total. The van der Waals surface area contributed by atoms with Crippen molar-refractivity contribution in [2.45, 2.75) is 12.5 Å². The Labute approximate surface area is 75.4 Å². The van der Waals surface area contributed by atoms with E-state index in [1.54, 1.807) is 18.2 Å². The van der Waals surface area contributed by atoms with Crippen molar-refractivity contribution in [3.63, 3.8) is 0 Å². The van der Waals surface area contributed by atoms with E-state index in [-0.39, 0.29) is 0 Å². The maximum atomic E-state index is 11.3. The van der Waals surface area contributed by atoms with Crippen LogP contribution in [-0.4, -0.2) is 11.0 Å². The average molecular weight is 178 g/mol. The molecule has 1 aromatic carbocycles. The quantitative estimate of drug-likeness (QED) is 0.504. The highest BCUT2D eigenvalue weighted by Gasteiger charge is 2.40. The van der Waals surface area contributed by atoms with Crippen molar-refractivity contribution in [3.8, 4) is 0 Å². The molecule has 0 fully saturated rings. The molecule has 2 rings (SSSR count). The van der Waals surface area contributed by atoms with E-state index in [9.17, 15) is 9.90 Å². The summed E-state index contributed by atoms with van der Waals surface area (Å²) in [4.78, 5) is 11.3. The van der Waals surface area contributed by atoms with Crippen LogP contribution in [0, 0.1) is 0 Å². The second-order valence-electron chi connectivity index (χ2n) is 3.33. The minimum absolute atomic E-state index is 0.409. The lowest BCUT2D eigenvalue weighted by Crippen LogP contribution is -2.30. The smallest absolute Gasteiger partial charge is 0.260 e. The van der Waals surface area contributed by atoms with Crippen LogP contribution in [0.1, 0.15) is 12.5 Å². The van der Waals surface area contributed by atoms with Crippen LogP contribution >= 0.6 is 0 Å². The van der Waals surface area contributed by atoms with Crippen molar-refractivity contribution < 1.29 is 9.90 Å². The summed E-state index contributed by atoms with van der Waals surface area (Å²) in [6, 6.07) is 4.97. The van der Waals surface area contributed by atoms with E-state index in [1.807, 2.05) is 0 Å². The average Bonchev–Trinajstić information content (AvgIpc) is 2.27. The molecule has 4 heteroatoms. The molecule has 0 unspecified atom stereocenters. The maximum Gasteiger partial charge on any atom is 0.260 e. The number of benzene rings is 1. The lowest BCUT2D eigenvalue weighted by Gasteiger charge is -2.13. The van der Waals surface area contributed by atoms with Gasteiger partial charge in [-0.2, -0.15) is 0 Å². The summed E-state index contributed by atoms with van der Waals surface area (Å²) in [7, 11) is 0. The molecular formula is C9H10N2O2. The molecule has 13 heavy (non-hydrogen) atoms. The largest absolute Gasteiger partial charge is 0.399 e. The van der Waals surface area contributed by atoms with Gasteiger partial charge in [-0.05, 0) is 25.1 Å².